The number of nitrogens with zero attached hydrogens (tertiary/aromatic N) is 2. The van der Waals surface area contributed by atoms with Crippen LogP contribution in [0.5, 0.6) is 0 Å². The molecule has 0 bridgehead atoms. The molecule has 2 heterocycles. The predicted molar refractivity (Wildman–Crippen MR) is 84.1 cm³/mol. The van der Waals surface area contributed by atoms with Crippen molar-refractivity contribution in [2.24, 2.45) is 0 Å². The maximum Gasteiger partial charge on any atom is 0.274 e. The van der Waals surface area contributed by atoms with Gasteiger partial charge in [0, 0.05) is 11.9 Å². The van der Waals surface area contributed by atoms with E-state index >= 15 is 0 Å². The fourth-order valence-electron chi connectivity index (χ4n) is 2.32. The molecular weight excluding hydrogens is 286 g/mol. The summed E-state index contributed by atoms with van der Waals surface area (Å²) in [5.74, 6) is -0.201. The Morgan fingerprint density at radius 1 is 1.24 bits per heavy atom. The lowest BCUT2D eigenvalue weighted by Gasteiger charge is -2.07. The van der Waals surface area contributed by atoms with Gasteiger partial charge < -0.3 is 5.32 Å². The third-order valence-corrected chi connectivity index (χ3v) is 3.47. The van der Waals surface area contributed by atoms with Gasteiger partial charge in [0.15, 0.2) is 0 Å². The van der Waals surface area contributed by atoms with Crippen LogP contribution in [0.2, 0.25) is 5.02 Å². The van der Waals surface area contributed by atoms with Gasteiger partial charge in [-0.05, 0) is 43.7 Å². The van der Waals surface area contributed by atoms with Gasteiger partial charge in [0.2, 0.25) is 0 Å². The van der Waals surface area contributed by atoms with E-state index in [9.17, 15) is 4.79 Å². The molecule has 0 aliphatic rings. The number of pyridine rings is 1. The Balaban J connectivity index is 2.01. The van der Waals surface area contributed by atoms with Gasteiger partial charge >= 0.3 is 0 Å². The lowest BCUT2D eigenvalue weighted by molar-refractivity contribution is 0.102. The number of hydrogen-bond donors (Lipinski definition) is 1. The van der Waals surface area contributed by atoms with E-state index in [-0.39, 0.29) is 5.91 Å². The van der Waals surface area contributed by atoms with Crippen LogP contribution in [0.25, 0.3) is 5.65 Å². The van der Waals surface area contributed by atoms with Gasteiger partial charge in [-0.1, -0.05) is 23.7 Å². The fraction of sp³-hybridized carbons (Fsp3) is 0.125. The minimum Gasteiger partial charge on any atom is -0.321 e. The zero-order chi connectivity index (χ0) is 15.0. The molecule has 0 unspecified atom stereocenters. The number of fused-ring (bicyclic) bond motifs is 1. The standard InChI is InChI=1S/C16H14ClN3O/c1-10-4-3-5-13(8-10)19-16(21)15-11(2)18-14-7-6-12(17)9-20(14)15/h3-9H,1-2H3,(H,19,21). The van der Waals surface area contributed by atoms with Crippen LogP contribution in [0, 0.1) is 13.8 Å². The highest BCUT2D eigenvalue weighted by atomic mass is 35.5. The summed E-state index contributed by atoms with van der Waals surface area (Å²) in [6, 6.07) is 11.2. The van der Waals surface area contributed by atoms with Crippen molar-refractivity contribution in [3.05, 3.63) is 64.6 Å². The summed E-state index contributed by atoms with van der Waals surface area (Å²) in [4.78, 5) is 16.9. The van der Waals surface area contributed by atoms with Crippen molar-refractivity contribution < 1.29 is 4.79 Å². The molecule has 3 aromatic rings. The molecule has 1 amide bonds. The molecule has 1 N–H and O–H groups in total. The smallest absolute Gasteiger partial charge is 0.274 e. The molecule has 3 rings (SSSR count). The second kappa shape index (κ2) is 5.22. The Bertz CT molecular complexity index is 839. The minimum absolute atomic E-state index is 0.201. The Morgan fingerprint density at radius 2 is 2.05 bits per heavy atom. The molecule has 1 aromatic carbocycles. The van der Waals surface area contributed by atoms with E-state index in [1.165, 1.54) is 0 Å². The lowest BCUT2D eigenvalue weighted by atomic mass is 10.2. The molecule has 0 aliphatic heterocycles. The molecule has 106 valence electrons. The molecule has 0 spiro atoms. The zero-order valence-electron chi connectivity index (χ0n) is 11.7. The number of carbonyl (C=O) groups is 1. The number of aromatic nitrogens is 2. The van der Waals surface area contributed by atoms with Gasteiger partial charge in [0.25, 0.3) is 5.91 Å². The molecule has 0 fully saturated rings. The van der Waals surface area contributed by atoms with E-state index in [1.54, 1.807) is 22.7 Å². The maximum atomic E-state index is 12.5. The number of halogens is 1. The summed E-state index contributed by atoms with van der Waals surface area (Å²) >= 11 is 6.01. The Labute approximate surface area is 127 Å². The molecule has 0 radical (unpaired) electrons. The van der Waals surface area contributed by atoms with Crippen LogP contribution in [0.4, 0.5) is 5.69 Å². The molecule has 0 saturated carbocycles. The maximum absolute atomic E-state index is 12.5. The molecule has 21 heavy (non-hydrogen) atoms. The predicted octanol–water partition coefficient (Wildman–Crippen LogP) is 3.86. The Kier molecular flexibility index (Phi) is 3.39. The van der Waals surface area contributed by atoms with Crippen molar-refractivity contribution in [1.29, 1.82) is 0 Å². The second-order valence-corrected chi connectivity index (χ2v) is 5.38. The number of carbonyl (C=O) groups excluding carboxylic acids is 1. The molecular formula is C16H14ClN3O. The SMILES string of the molecule is Cc1cccc(NC(=O)c2c(C)nc3ccc(Cl)cn23)c1. The van der Waals surface area contributed by atoms with Crippen molar-refractivity contribution in [3.63, 3.8) is 0 Å². The van der Waals surface area contributed by atoms with Gasteiger partial charge in [0.1, 0.15) is 11.3 Å². The summed E-state index contributed by atoms with van der Waals surface area (Å²) in [7, 11) is 0. The van der Waals surface area contributed by atoms with Crippen LogP contribution < -0.4 is 5.32 Å². The van der Waals surface area contributed by atoms with E-state index in [4.69, 9.17) is 11.6 Å². The van der Waals surface area contributed by atoms with Crippen molar-refractivity contribution >= 4 is 28.8 Å². The van der Waals surface area contributed by atoms with Gasteiger partial charge in [0.05, 0.1) is 10.7 Å². The molecule has 0 atom stereocenters. The highest BCUT2D eigenvalue weighted by molar-refractivity contribution is 6.30. The zero-order valence-corrected chi connectivity index (χ0v) is 12.5. The van der Waals surface area contributed by atoms with E-state index in [1.807, 2.05) is 38.1 Å². The summed E-state index contributed by atoms with van der Waals surface area (Å²) in [6.45, 7) is 3.79. The third-order valence-electron chi connectivity index (χ3n) is 3.25. The van der Waals surface area contributed by atoms with Crippen molar-refractivity contribution in [3.8, 4) is 0 Å². The number of benzene rings is 1. The molecule has 2 aromatic heterocycles. The lowest BCUT2D eigenvalue weighted by Crippen LogP contribution is -2.15. The monoisotopic (exact) mass is 299 g/mol. The summed E-state index contributed by atoms with van der Waals surface area (Å²) < 4.78 is 1.71. The molecule has 5 heteroatoms. The summed E-state index contributed by atoms with van der Waals surface area (Å²) in [5.41, 5.74) is 3.71. The topological polar surface area (TPSA) is 46.4 Å². The van der Waals surface area contributed by atoms with Gasteiger partial charge in [-0.25, -0.2) is 4.98 Å². The van der Waals surface area contributed by atoms with Gasteiger partial charge in [-0.3, -0.25) is 9.20 Å². The highest BCUT2D eigenvalue weighted by Gasteiger charge is 2.16. The van der Waals surface area contributed by atoms with Crippen LogP contribution in [0.1, 0.15) is 21.7 Å². The van der Waals surface area contributed by atoms with E-state index < -0.39 is 0 Å². The Hall–Kier alpha value is -2.33. The Morgan fingerprint density at radius 3 is 2.81 bits per heavy atom. The van der Waals surface area contributed by atoms with Crippen LogP contribution in [0.3, 0.4) is 0 Å². The van der Waals surface area contributed by atoms with Crippen molar-refractivity contribution in [1.82, 2.24) is 9.38 Å². The average Bonchev–Trinajstić information content (AvgIpc) is 2.74. The van der Waals surface area contributed by atoms with Crippen LogP contribution in [-0.2, 0) is 0 Å². The van der Waals surface area contributed by atoms with Crippen molar-refractivity contribution in [2.75, 3.05) is 5.32 Å². The number of hydrogen-bond acceptors (Lipinski definition) is 2. The highest BCUT2D eigenvalue weighted by Crippen LogP contribution is 2.18. The number of rotatable bonds is 2. The van der Waals surface area contributed by atoms with E-state index in [0.717, 1.165) is 11.3 Å². The molecule has 4 nitrogen and oxygen atoms in total. The largest absolute Gasteiger partial charge is 0.321 e. The number of amides is 1. The van der Waals surface area contributed by atoms with Gasteiger partial charge in [-0.2, -0.15) is 0 Å². The summed E-state index contributed by atoms with van der Waals surface area (Å²) in [6.07, 6.45) is 1.70. The number of imidazole rings is 1. The average molecular weight is 300 g/mol. The first-order valence-corrected chi connectivity index (χ1v) is 6.94. The number of nitrogens with one attached hydrogen (secondary N) is 1. The second-order valence-electron chi connectivity index (χ2n) is 4.94. The van der Waals surface area contributed by atoms with Crippen LogP contribution >= 0.6 is 11.6 Å². The molecule has 0 saturated heterocycles. The van der Waals surface area contributed by atoms with Crippen LogP contribution in [-0.4, -0.2) is 15.3 Å². The van der Waals surface area contributed by atoms with Crippen molar-refractivity contribution in [2.45, 2.75) is 13.8 Å². The summed E-state index contributed by atoms with van der Waals surface area (Å²) in [5, 5.41) is 3.45. The third kappa shape index (κ3) is 2.62. The first-order valence-electron chi connectivity index (χ1n) is 6.57. The quantitative estimate of drug-likeness (QED) is 0.781. The van der Waals surface area contributed by atoms with Crippen LogP contribution in [0.15, 0.2) is 42.6 Å². The number of anilines is 1. The number of aryl methyl sites for hydroxylation is 2. The first-order chi connectivity index (χ1) is 10.0. The minimum atomic E-state index is -0.201. The normalized spacial score (nSPS) is 10.8. The van der Waals surface area contributed by atoms with Gasteiger partial charge in [-0.15, -0.1) is 0 Å². The fourth-order valence-corrected chi connectivity index (χ4v) is 2.48. The van der Waals surface area contributed by atoms with E-state index in [0.29, 0.717) is 22.1 Å². The van der Waals surface area contributed by atoms with E-state index in [2.05, 4.69) is 10.3 Å². The first kappa shape index (κ1) is 13.6. The molecule has 0 aliphatic carbocycles.